The molecule has 1 aromatic rings. The highest BCUT2D eigenvalue weighted by Crippen LogP contribution is 2.23. The third-order valence-electron chi connectivity index (χ3n) is 5.55. The largest absolute Gasteiger partial charge is 0.339 e. The van der Waals surface area contributed by atoms with Crippen LogP contribution >= 0.6 is 0 Å². The van der Waals surface area contributed by atoms with Crippen molar-refractivity contribution < 1.29 is 18.0 Å². The van der Waals surface area contributed by atoms with Gasteiger partial charge in [-0.15, -0.1) is 0 Å². The summed E-state index contributed by atoms with van der Waals surface area (Å²) in [5.41, 5.74) is 3.29. The van der Waals surface area contributed by atoms with Gasteiger partial charge in [0.2, 0.25) is 5.91 Å². The average Bonchev–Trinajstić information content (AvgIpc) is 2.99. The van der Waals surface area contributed by atoms with Crippen molar-refractivity contribution in [3.8, 4) is 0 Å². The minimum atomic E-state index is -3.03. The first-order valence-electron chi connectivity index (χ1n) is 9.54. The van der Waals surface area contributed by atoms with Gasteiger partial charge in [0.15, 0.2) is 15.6 Å². The molecule has 1 amide bonds. The average molecular weight is 378 g/mol. The minimum Gasteiger partial charge on any atom is -0.339 e. The van der Waals surface area contributed by atoms with Gasteiger partial charge in [0, 0.05) is 31.0 Å². The molecule has 0 saturated carbocycles. The summed E-state index contributed by atoms with van der Waals surface area (Å²) in [5, 5.41) is 0. The van der Waals surface area contributed by atoms with Crippen LogP contribution in [0.2, 0.25) is 0 Å². The molecule has 3 rings (SSSR count). The van der Waals surface area contributed by atoms with Crippen LogP contribution in [0, 0.1) is 0 Å². The SMILES string of the molecule is CCN(C(=O)CCC(=O)c1ccc2c(c1)CCCC2)C1CCS(=O)(=O)C1. The quantitative estimate of drug-likeness (QED) is 0.715. The zero-order valence-corrected chi connectivity index (χ0v) is 16.2. The maximum absolute atomic E-state index is 12.5. The number of hydrogen-bond acceptors (Lipinski definition) is 4. The standard InChI is InChI=1S/C20H27NO4S/c1-2-21(18-11-12-26(24,25)14-18)20(23)10-9-19(22)17-8-7-15-5-3-4-6-16(15)13-17/h7-8,13,18H,2-6,9-12,14H2,1H3. The normalized spacial score (nSPS) is 21.2. The number of rotatable bonds is 6. The molecule has 1 fully saturated rings. The van der Waals surface area contributed by atoms with Crippen molar-refractivity contribution in [3.05, 3.63) is 34.9 Å². The van der Waals surface area contributed by atoms with Crippen molar-refractivity contribution in [3.63, 3.8) is 0 Å². The van der Waals surface area contributed by atoms with Crippen LogP contribution in [0.5, 0.6) is 0 Å². The Morgan fingerprint density at radius 3 is 2.50 bits per heavy atom. The van der Waals surface area contributed by atoms with Crippen molar-refractivity contribution in [2.24, 2.45) is 0 Å². The summed E-state index contributed by atoms with van der Waals surface area (Å²) < 4.78 is 23.3. The summed E-state index contributed by atoms with van der Waals surface area (Å²) in [5.74, 6) is 0.0589. The molecular weight excluding hydrogens is 350 g/mol. The summed E-state index contributed by atoms with van der Waals surface area (Å²) in [6.45, 7) is 2.33. The van der Waals surface area contributed by atoms with Crippen LogP contribution in [0.1, 0.15) is 60.5 Å². The number of hydrogen-bond donors (Lipinski definition) is 0. The highest BCUT2D eigenvalue weighted by molar-refractivity contribution is 7.91. The van der Waals surface area contributed by atoms with E-state index in [4.69, 9.17) is 0 Å². The van der Waals surface area contributed by atoms with Crippen molar-refractivity contribution in [2.45, 2.75) is 57.9 Å². The first kappa shape index (κ1) is 19.1. The molecule has 1 aliphatic heterocycles. The van der Waals surface area contributed by atoms with Crippen LogP contribution in [-0.4, -0.2) is 49.1 Å². The number of benzene rings is 1. The number of ketones is 1. The topological polar surface area (TPSA) is 71.5 Å². The second-order valence-corrected chi connectivity index (χ2v) is 9.58. The lowest BCUT2D eigenvalue weighted by Crippen LogP contribution is -2.41. The first-order chi connectivity index (χ1) is 12.4. The van der Waals surface area contributed by atoms with Crippen molar-refractivity contribution in [1.29, 1.82) is 0 Å². The highest BCUT2D eigenvalue weighted by Gasteiger charge is 2.33. The van der Waals surface area contributed by atoms with Crippen molar-refractivity contribution >= 4 is 21.5 Å². The molecule has 1 unspecified atom stereocenters. The first-order valence-corrected chi connectivity index (χ1v) is 11.4. The lowest BCUT2D eigenvalue weighted by molar-refractivity contribution is -0.132. The van der Waals surface area contributed by atoms with Crippen LogP contribution in [0.25, 0.3) is 0 Å². The Bertz CT molecular complexity index is 800. The van der Waals surface area contributed by atoms with Crippen LogP contribution in [0.3, 0.4) is 0 Å². The second kappa shape index (κ2) is 7.91. The molecule has 5 nitrogen and oxygen atoms in total. The number of nitrogens with zero attached hydrogens (tertiary/aromatic N) is 1. The Labute approximate surface area is 155 Å². The zero-order valence-electron chi connectivity index (χ0n) is 15.4. The van der Waals surface area contributed by atoms with Gasteiger partial charge in [-0.3, -0.25) is 9.59 Å². The predicted molar refractivity (Wildman–Crippen MR) is 101 cm³/mol. The number of sulfone groups is 1. The summed E-state index contributed by atoms with van der Waals surface area (Å²) >= 11 is 0. The van der Waals surface area contributed by atoms with Crippen molar-refractivity contribution in [2.75, 3.05) is 18.1 Å². The maximum Gasteiger partial charge on any atom is 0.223 e. The number of aryl methyl sites for hydroxylation is 2. The number of carbonyl (C=O) groups excluding carboxylic acids is 2. The molecule has 1 atom stereocenters. The molecule has 0 bridgehead atoms. The van der Waals surface area contributed by atoms with E-state index in [1.807, 2.05) is 25.1 Å². The Kier molecular flexibility index (Phi) is 5.80. The summed E-state index contributed by atoms with van der Waals surface area (Å²) in [6.07, 6.45) is 5.29. The lowest BCUT2D eigenvalue weighted by atomic mass is 9.89. The van der Waals surface area contributed by atoms with E-state index >= 15 is 0 Å². The predicted octanol–water partition coefficient (Wildman–Crippen LogP) is 2.56. The maximum atomic E-state index is 12.5. The monoisotopic (exact) mass is 377 g/mol. The van der Waals surface area contributed by atoms with Crippen LogP contribution < -0.4 is 0 Å². The van der Waals surface area contributed by atoms with Gasteiger partial charge in [-0.05, 0) is 56.2 Å². The molecule has 0 spiro atoms. The fourth-order valence-corrected chi connectivity index (χ4v) is 5.81. The molecule has 1 aliphatic carbocycles. The van der Waals surface area contributed by atoms with E-state index < -0.39 is 9.84 Å². The number of carbonyl (C=O) groups is 2. The van der Waals surface area contributed by atoms with E-state index in [-0.39, 0.29) is 42.1 Å². The summed E-state index contributed by atoms with van der Waals surface area (Å²) in [6, 6.07) is 5.67. The third-order valence-corrected chi connectivity index (χ3v) is 7.30. The number of Topliss-reactive ketones (excluding diaryl/α,β-unsaturated/α-hetero) is 1. The highest BCUT2D eigenvalue weighted by atomic mass is 32.2. The van der Waals surface area contributed by atoms with Gasteiger partial charge in [0.05, 0.1) is 11.5 Å². The van der Waals surface area contributed by atoms with E-state index in [2.05, 4.69) is 0 Å². The molecule has 26 heavy (non-hydrogen) atoms. The molecule has 0 N–H and O–H groups in total. The summed E-state index contributed by atoms with van der Waals surface area (Å²) in [4.78, 5) is 26.7. The van der Waals surface area contributed by atoms with Crippen LogP contribution in [-0.2, 0) is 27.5 Å². The fraction of sp³-hybridized carbons (Fsp3) is 0.600. The smallest absolute Gasteiger partial charge is 0.223 e. The van der Waals surface area contributed by atoms with E-state index in [1.54, 1.807) is 4.90 Å². The van der Waals surface area contributed by atoms with Gasteiger partial charge >= 0.3 is 0 Å². The number of fused-ring (bicyclic) bond motifs is 1. The Hall–Kier alpha value is -1.69. The minimum absolute atomic E-state index is 0.0122. The molecule has 1 aromatic carbocycles. The van der Waals surface area contributed by atoms with E-state index in [0.717, 1.165) is 12.8 Å². The molecule has 1 heterocycles. The van der Waals surface area contributed by atoms with E-state index in [9.17, 15) is 18.0 Å². The Morgan fingerprint density at radius 2 is 1.85 bits per heavy atom. The van der Waals surface area contributed by atoms with Gasteiger partial charge < -0.3 is 4.90 Å². The van der Waals surface area contributed by atoms with E-state index in [1.165, 1.54) is 24.0 Å². The third kappa shape index (κ3) is 4.34. The van der Waals surface area contributed by atoms with Gasteiger partial charge in [-0.1, -0.05) is 12.1 Å². The zero-order chi connectivity index (χ0) is 18.7. The molecule has 0 aromatic heterocycles. The lowest BCUT2D eigenvalue weighted by Gasteiger charge is -2.26. The fourth-order valence-electron chi connectivity index (χ4n) is 4.07. The van der Waals surface area contributed by atoms with Crippen LogP contribution in [0.15, 0.2) is 18.2 Å². The second-order valence-electron chi connectivity index (χ2n) is 7.35. The Balaban J connectivity index is 1.59. The van der Waals surface area contributed by atoms with Gasteiger partial charge in [-0.2, -0.15) is 0 Å². The van der Waals surface area contributed by atoms with Crippen molar-refractivity contribution in [1.82, 2.24) is 4.90 Å². The van der Waals surface area contributed by atoms with E-state index in [0.29, 0.717) is 18.5 Å². The molecule has 2 aliphatic rings. The van der Waals surface area contributed by atoms with Gasteiger partial charge in [0.1, 0.15) is 0 Å². The molecular formula is C20H27NO4S. The molecule has 1 saturated heterocycles. The molecule has 142 valence electrons. The summed E-state index contributed by atoms with van der Waals surface area (Å²) in [7, 11) is -3.03. The van der Waals surface area contributed by atoms with Gasteiger partial charge in [0.25, 0.3) is 0 Å². The molecule has 6 heteroatoms. The van der Waals surface area contributed by atoms with Gasteiger partial charge in [-0.25, -0.2) is 8.42 Å². The van der Waals surface area contributed by atoms with Crippen LogP contribution in [0.4, 0.5) is 0 Å². The Morgan fingerprint density at radius 1 is 1.12 bits per heavy atom. The number of amides is 1. The molecule has 0 radical (unpaired) electrons.